The number of aryl methyl sites for hydroxylation is 1. The molecule has 0 bridgehead atoms. The van der Waals surface area contributed by atoms with Crippen molar-refractivity contribution in [2.45, 2.75) is 52.0 Å². The third-order valence-corrected chi connectivity index (χ3v) is 8.68. The summed E-state index contributed by atoms with van der Waals surface area (Å²) in [5.41, 5.74) is 4.82. The van der Waals surface area contributed by atoms with Gasteiger partial charge in [-0.05, 0) is 53.0 Å². The molecule has 1 unspecified atom stereocenters. The van der Waals surface area contributed by atoms with Gasteiger partial charge in [0.2, 0.25) is 5.91 Å². The molecule has 0 aromatic heterocycles. The van der Waals surface area contributed by atoms with Crippen LogP contribution in [0.15, 0.2) is 115 Å². The van der Waals surface area contributed by atoms with E-state index in [0.717, 1.165) is 27.8 Å². The summed E-state index contributed by atoms with van der Waals surface area (Å²) in [6.07, 6.45) is 1.38. The average molecular weight is 692 g/mol. The van der Waals surface area contributed by atoms with Crippen molar-refractivity contribution >= 4 is 23.9 Å². The number of aliphatic carboxylic acids is 1. The molecule has 3 atom stereocenters. The Hall–Kier alpha value is -5.44. The van der Waals surface area contributed by atoms with Crippen molar-refractivity contribution in [2.75, 3.05) is 26.2 Å². The second kappa shape index (κ2) is 19.7. The molecule has 51 heavy (non-hydrogen) atoms. The molecule has 0 spiro atoms. The number of carbonyl (C=O) groups excluding carboxylic acids is 3. The normalized spacial score (nSPS) is 12.7. The van der Waals surface area contributed by atoms with E-state index in [4.69, 9.17) is 4.74 Å². The van der Waals surface area contributed by atoms with Crippen LogP contribution in [0.1, 0.15) is 49.8 Å². The number of carboxylic acids is 1. The summed E-state index contributed by atoms with van der Waals surface area (Å²) in [7, 11) is 0. The zero-order chi connectivity index (χ0) is 36.6. The molecule has 0 heterocycles. The molecule has 4 aromatic rings. The Morgan fingerprint density at radius 1 is 0.745 bits per heavy atom. The summed E-state index contributed by atoms with van der Waals surface area (Å²) in [6, 6.07) is 35.3. The first-order chi connectivity index (χ1) is 24.6. The average Bonchev–Trinajstić information content (AvgIpc) is 3.13. The second-order valence-electron chi connectivity index (χ2n) is 13.2. The number of urea groups is 1. The number of benzene rings is 4. The van der Waals surface area contributed by atoms with Crippen LogP contribution in [0.4, 0.5) is 4.79 Å². The first-order valence-electron chi connectivity index (χ1n) is 17.5. The Kier molecular flexibility index (Phi) is 14.8. The van der Waals surface area contributed by atoms with Crippen LogP contribution in [0.3, 0.4) is 0 Å². The number of nitrogens with one attached hydrogen (secondary N) is 2. The quantitative estimate of drug-likeness (QED) is 0.0786. The van der Waals surface area contributed by atoms with Crippen LogP contribution in [0.5, 0.6) is 0 Å². The number of nitrogens with zero attached hydrogens (tertiary/aromatic N) is 1. The maximum Gasteiger partial charge on any atom is 0.326 e. The van der Waals surface area contributed by atoms with Gasteiger partial charge in [-0.15, -0.1) is 0 Å². The molecule has 0 saturated carbocycles. The molecule has 0 saturated heterocycles. The van der Waals surface area contributed by atoms with Gasteiger partial charge in [-0.2, -0.15) is 0 Å². The fourth-order valence-corrected chi connectivity index (χ4v) is 6.12. The lowest BCUT2D eigenvalue weighted by molar-refractivity contribution is -0.149. The van der Waals surface area contributed by atoms with E-state index in [1.807, 2.05) is 129 Å². The van der Waals surface area contributed by atoms with E-state index in [-0.39, 0.29) is 31.5 Å². The molecular formula is C42H49N3O6. The highest BCUT2D eigenvalue weighted by Gasteiger charge is 2.34. The monoisotopic (exact) mass is 691 g/mol. The van der Waals surface area contributed by atoms with Gasteiger partial charge in [0.1, 0.15) is 12.6 Å². The Morgan fingerprint density at radius 2 is 1.31 bits per heavy atom. The molecule has 9 heteroatoms. The molecule has 3 amide bonds. The van der Waals surface area contributed by atoms with E-state index >= 15 is 0 Å². The van der Waals surface area contributed by atoms with Crippen LogP contribution in [-0.4, -0.2) is 66.2 Å². The van der Waals surface area contributed by atoms with Crippen LogP contribution in [0.2, 0.25) is 0 Å². The standard InChI is InChI=1S/C42H49N3O6/c1-30(2)28-45(29-37(20-19-32-13-7-4-8-14-32)41(49)51-26-25-43-31(3)46)42(50)44-39(40(47)48)38(27-33-15-9-5-10-16-33)36-23-21-35(22-24-36)34-17-11-6-12-18-34/h4-18,21-24,30,37-39H,19-20,25-29H2,1-3H3,(H,43,46)(H,44,50)(H,47,48)/t37-,38?,39-/m0/s1. The van der Waals surface area contributed by atoms with E-state index in [1.54, 1.807) is 0 Å². The van der Waals surface area contributed by atoms with Gasteiger partial charge in [0, 0.05) is 25.9 Å². The lowest BCUT2D eigenvalue weighted by atomic mass is 9.85. The van der Waals surface area contributed by atoms with E-state index < -0.39 is 35.8 Å². The minimum atomic E-state index is -1.26. The minimum absolute atomic E-state index is 0.00193. The van der Waals surface area contributed by atoms with E-state index in [0.29, 0.717) is 25.8 Å². The predicted molar refractivity (Wildman–Crippen MR) is 199 cm³/mol. The molecule has 0 aliphatic rings. The van der Waals surface area contributed by atoms with Gasteiger partial charge in [0.05, 0.1) is 12.5 Å². The fraction of sp³-hybridized carbons (Fsp3) is 0.333. The molecule has 4 rings (SSSR count). The second-order valence-corrected chi connectivity index (χ2v) is 13.2. The predicted octanol–water partition coefficient (Wildman–Crippen LogP) is 6.73. The van der Waals surface area contributed by atoms with Gasteiger partial charge in [0.15, 0.2) is 0 Å². The number of hydrogen-bond donors (Lipinski definition) is 3. The number of ether oxygens (including phenoxy) is 1. The van der Waals surface area contributed by atoms with Crippen LogP contribution < -0.4 is 10.6 Å². The Labute approximate surface area is 301 Å². The maximum absolute atomic E-state index is 14.1. The highest BCUT2D eigenvalue weighted by atomic mass is 16.5. The first-order valence-corrected chi connectivity index (χ1v) is 17.5. The van der Waals surface area contributed by atoms with Crippen molar-refractivity contribution in [1.29, 1.82) is 0 Å². The highest BCUT2D eigenvalue weighted by molar-refractivity contribution is 5.84. The van der Waals surface area contributed by atoms with Gasteiger partial charge in [-0.1, -0.05) is 129 Å². The highest BCUT2D eigenvalue weighted by Crippen LogP contribution is 2.29. The number of rotatable bonds is 18. The van der Waals surface area contributed by atoms with Crippen molar-refractivity contribution < 1.29 is 29.0 Å². The fourth-order valence-electron chi connectivity index (χ4n) is 6.12. The summed E-state index contributed by atoms with van der Waals surface area (Å²) in [5, 5.41) is 16.1. The Bertz CT molecular complexity index is 1680. The molecule has 0 aliphatic heterocycles. The van der Waals surface area contributed by atoms with Gasteiger partial charge < -0.3 is 25.4 Å². The van der Waals surface area contributed by atoms with Crippen LogP contribution in [0.25, 0.3) is 11.1 Å². The molecule has 0 fully saturated rings. The molecule has 0 radical (unpaired) electrons. The molecule has 0 aliphatic carbocycles. The third-order valence-electron chi connectivity index (χ3n) is 8.68. The van der Waals surface area contributed by atoms with Crippen LogP contribution in [-0.2, 0) is 32.0 Å². The van der Waals surface area contributed by atoms with Crippen LogP contribution >= 0.6 is 0 Å². The molecule has 9 nitrogen and oxygen atoms in total. The van der Waals surface area contributed by atoms with Crippen molar-refractivity contribution in [3.8, 4) is 11.1 Å². The van der Waals surface area contributed by atoms with E-state index in [1.165, 1.54) is 11.8 Å². The third kappa shape index (κ3) is 12.4. The molecule has 268 valence electrons. The van der Waals surface area contributed by atoms with Crippen molar-refractivity contribution in [2.24, 2.45) is 11.8 Å². The van der Waals surface area contributed by atoms with Gasteiger partial charge >= 0.3 is 18.0 Å². The summed E-state index contributed by atoms with van der Waals surface area (Å²) >= 11 is 0. The maximum atomic E-state index is 14.1. The zero-order valence-corrected chi connectivity index (χ0v) is 29.7. The first kappa shape index (κ1) is 38.4. The van der Waals surface area contributed by atoms with Crippen LogP contribution in [0, 0.1) is 11.8 Å². The van der Waals surface area contributed by atoms with Gasteiger partial charge in [0.25, 0.3) is 0 Å². The molecule has 3 N–H and O–H groups in total. The SMILES string of the molecule is CC(=O)NCCOC(=O)[C@@H](CCc1ccccc1)CN(CC(C)C)C(=O)N[C@H](C(=O)O)C(Cc1ccccc1)c1ccc(-c2ccccc2)cc1. The van der Waals surface area contributed by atoms with Crippen molar-refractivity contribution in [1.82, 2.24) is 15.5 Å². The van der Waals surface area contributed by atoms with Gasteiger partial charge in [-0.3, -0.25) is 9.59 Å². The summed E-state index contributed by atoms with van der Waals surface area (Å²) in [4.78, 5) is 53.4. The van der Waals surface area contributed by atoms with Gasteiger partial charge in [-0.25, -0.2) is 9.59 Å². The summed E-state index contributed by atoms with van der Waals surface area (Å²) < 4.78 is 5.55. The minimum Gasteiger partial charge on any atom is -0.480 e. The Morgan fingerprint density at radius 3 is 1.88 bits per heavy atom. The van der Waals surface area contributed by atoms with Crippen molar-refractivity contribution in [3.05, 3.63) is 132 Å². The van der Waals surface area contributed by atoms with Crippen molar-refractivity contribution in [3.63, 3.8) is 0 Å². The smallest absolute Gasteiger partial charge is 0.326 e. The topological polar surface area (TPSA) is 125 Å². The zero-order valence-electron chi connectivity index (χ0n) is 29.7. The summed E-state index contributed by atoms with van der Waals surface area (Å²) in [6.45, 7) is 5.84. The number of hydrogen-bond acceptors (Lipinski definition) is 5. The number of esters is 1. The number of amides is 3. The number of carbonyl (C=O) groups is 4. The number of carboxylic acid groups (broad SMARTS) is 1. The molecular weight excluding hydrogens is 642 g/mol. The Balaban J connectivity index is 1.59. The lowest BCUT2D eigenvalue weighted by Gasteiger charge is -2.32. The summed E-state index contributed by atoms with van der Waals surface area (Å²) in [5.74, 6) is -3.09. The molecule has 4 aromatic carbocycles. The van der Waals surface area contributed by atoms with E-state index in [2.05, 4.69) is 10.6 Å². The lowest BCUT2D eigenvalue weighted by Crippen LogP contribution is -2.53. The largest absolute Gasteiger partial charge is 0.480 e. The van der Waals surface area contributed by atoms with E-state index in [9.17, 15) is 24.3 Å².